The van der Waals surface area contributed by atoms with E-state index < -0.39 is 0 Å². The van der Waals surface area contributed by atoms with Crippen molar-refractivity contribution in [2.45, 2.75) is 33.6 Å². The first-order valence-corrected chi connectivity index (χ1v) is 5.67. The van der Waals surface area contributed by atoms with Crippen LogP contribution < -0.4 is 0 Å². The quantitative estimate of drug-likeness (QED) is 0.732. The van der Waals surface area contributed by atoms with Crippen LogP contribution in [-0.4, -0.2) is 5.11 Å². The smallest absolute Gasteiger partial charge is 0.116 e. The summed E-state index contributed by atoms with van der Waals surface area (Å²) >= 11 is 0. The average Bonchev–Trinajstić information content (AvgIpc) is 2.16. The van der Waals surface area contributed by atoms with E-state index in [2.05, 4.69) is 32.9 Å². The summed E-state index contributed by atoms with van der Waals surface area (Å²) in [4.78, 5) is 0. The van der Waals surface area contributed by atoms with Crippen molar-refractivity contribution in [3.8, 4) is 5.75 Å². The maximum absolute atomic E-state index is 9.34. The number of phenolic OH excluding ortho intramolecular Hbond substituents is 1. The Morgan fingerprint density at radius 2 is 2.00 bits per heavy atom. The number of allylic oxidation sites excluding steroid dienone is 3. The van der Waals surface area contributed by atoms with Crippen LogP contribution in [0.5, 0.6) is 5.75 Å². The highest BCUT2D eigenvalue weighted by Crippen LogP contribution is 2.16. The number of phenols is 1. The molecule has 1 nitrogen and oxygen atoms in total. The summed E-state index contributed by atoms with van der Waals surface area (Å²) in [6.45, 7) is 6.37. The molecule has 0 fully saturated rings. The molecule has 16 heavy (non-hydrogen) atoms. The summed E-state index contributed by atoms with van der Waals surface area (Å²) in [5, 5.41) is 9.34. The summed E-state index contributed by atoms with van der Waals surface area (Å²) in [6, 6.07) is 7.34. The fourth-order valence-corrected chi connectivity index (χ4v) is 1.56. The third-order valence-corrected chi connectivity index (χ3v) is 2.37. The molecule has 86 valence electrons. The van der Waals surface area contributed by atoms with Gasteiger partial charge in [-0.1, -0.05) is 35.4 Å². The van der Waals surface area contributed by atoms with Gasteiger partial charge >= 0.3 is 0 Å². The molecule has 1 rings (SSSR count). The highest BCUT2D eigenvalue weighted by atomic mass is 16.3. The molecule has 0 amide bonds. The van der Waals surface area contributed by atoms with E-state index >= 15 is 0 Å². The topological polar surface area (TPSA) is 20.2 Å². The number of hydrogen-bond donors (Lipinski definition) is 1. The lowest BCUT2D eigenvalue weighted by atomic mass is 10.1. The second-order valence-corrected chi connectivity index (χ2v) is 4.41. The standard InChI is InChI=1S/C15H20O/c1-12(2)6-4-7-13(3)10-14-8-5-9-15(16)11-14/h5-6,8-11,16H,4,7H2,1-3H3/b13-10+. The molecule has 0 aliphatic heterocycles. The van der Waals surface area contributed by atoms with Crippen LogP contribution in [0.1, 0.15) is 39.2 Å². The Kier molecular flexibility index (Phi) is 4.84. The molecular formula is C15H20O. The van der Waals surface area contributed by atoms with Gasteiger partial charge in [0.15, 0.2) is 0 Å². The lowest BCUT2D eigenvalue weighted by Crippen LogP contribution is -1.78. The van der Waals surface area contributed by atoms with Crippen LogP contribution in [0.2, 0.25) is 0 Å². The molecule has 0 saturated carbocycles. The molecule has 0 atom stereocenters. The molecule has 0 aliphatic rings. The van der Waals surface area contributed by atoms with Crippen molar-refractivity contribution in [3.05, 3.63) is 47.1 Å². The first-order valence-electron chi connectivity index (χ1n) is 5.67. The minimum Gasteiger partial charge on any atom is -0.508 e. The van der Waals surface area contributed by atoms with Gasteiger partial charge in [0.2, 0.25) is 0 Å². The Balaban J connectivity index is 2.59. The molecule has 0 radical (unpaired) electrons. The van der Waals surface area contributed by atoms with Crippen LogP contribution in [-0.2, 0) is 0 Å². The van der Waals surface area contributed by atoms with Crippen molar-refractivity contribution in [1.82, 2.24) is 0 Å². The van der Waals surface area contributed by atoms with Crippen LogP contribution >= 0.6 is 0 Å². The van der Waals surface area contributed by atoms with E-state index in [0.717, 1.165) is 18.4 Å². The Morgan fingerprint density at radius 1 is 1.25 bits per heavy atom. The zero-order valence-corrected chi connectivity index (χ0v) is 10.3. The highest BCUT2D eigenvalue weighted by molar-refractivity contribution is 5.54. The maximum atomic E-state index is 9.34. The van der Waals surface area contributed by atoms with Gasteiger partial charge in [-0.05, 0) is 51.3 Å². The van der Waals surface area contributed by atoms with Gasteiger partial charge in [-0.3, -0.25) is 0 Å². The van der Waals surface area contributed by atoms with E-state index in [9.17, 15) is 5.11 Å². The minimum atomic E-state index is 0.325. The SMILES string of the molecule is CC(C)=CCC/C(C)=C/c1cccc(O)c1. The van der Waals surface area contributed by atoms with E-state index in [0.29, 0.717) is 5.75 Å². The minimum absolute atomic E-state index is 0.325. The number of rotatable bonds is 4. The number of benzene rings is 1. The van der Waals surface area contributed by atoms with E-state index in [4.69, 9.17) is 0 Å². The van der Waals surface area contributed by atoms with Gasteiger partial charge in [0.05, 0.1) is 0 Å². The van der Waals surface area contributed by atoms with Crippen molar-refractivity contribution < 1.29 is 5.11 Å². The van der Waals surface area contributed by atoms with Crippen molar-refractivity contribution in [1.29, 1.82) is 0 Å². The van der Waals surface area contributed by atoms with E-state index in [1.165, 1.54) is 11.1 Å². The molecule has 1 N–H and O–H groups in total. The number of hydrogen-bond acceptors (Lipinski definition) is 1. The zero-order valence-electron chi connectivity index (χ0n) is 10.3. The summed E-state index contributed by atoms with van der Waals surface area (Å²) in [5.74, 6) is 0.325. The molecule has 1 heteroatoms. The molecular weight excluding hydrogens is 196 g/mol. The molecule has 1 aromatic carbocycles. The first kappa shape index (κ1) is 12.6. The molecule has 0 saturated heterocycles. The van der Waals surface area contributed by atoms with Gasteiger partial charge in [-0.2, -0.15) is 0 Å². The molecule has 1 aromatic rings. The van der Waals surface area contributed by atoms with Gasteiger partial charge in [0.25, 0.3) is 0 Å². The van der Waals surface area contributed by atoms with Crippen LogP contribution in [0.3, 0.4) is 0 Å². The molecule has 0 heterocycles. The Labute approximate surface area is 98.1 Å². The lowest BCUT2D eigenvalue weighted by Gasteiger charge is -2.00. The predicted octanol–water partition coefficient (Wildman–Crippen LogP) is 4.54. The van der Waals surface area contributed by atoms with E-state index in [1.807, 2.05) is 12.1 Å². The van der Waals surface area contributed by atoms with E-state index in [-0.39, 0.29) is 0 Å². The Morgan fingerprint density at radius 3 is 2.62 bits per heavy atom. The van der Waals surface area contributed by atoms with Gasteiger partial charge < -0.3 is 5.11 Å². The van der Waals surface area contributed by atoms with Crippen molar-refractivity contribution in [2.24, 2.45) is 0 Å². The van der Waals surface area contributed by atoms with Crippen molar-refractivity contribution >= 4 is 6.08 Å². The first-order chi connectivity index (χ1) is 7.58. The molecule has 0 unspecified atom stereocenters. The fraction of sp³-hybridized carbons (Fsp3) is 0.333. The van der Waals surface area contributed by atoms with Crippen LogP contribution in [0.15, 0.2) is 41.5 Å². The van der Waals surface area contributed by atoms with Gasteiger partial charge in [-0.15, -0.1) is 0 Å². The monoisotopic (exact) mass is 216 g/mol. The van der Waals surface area contributed by atoms with Gasteiger partial charge in [0.1, 0.15) is 5.75 Å². The predicted molar refractivity (Wildman–Crippen MR) is 70.4 cm³/mol. The molecule has 0 aromatic heterocycles. The summed E-state index contributed by atoms with van der Waals surface area (Å²) in [6.07, 6.45) is 6.53. The van der Waals surface area contributed by atoms with Crippen LogP contribution in [0.25, 0.3) is 6.08 Å². The number of aromatic hydroxyl groups is 1. The third-order valence-electron chi connectivity index (χ3n) is 2.37. The second-order valence-electron chi connectivity index (χ2n) is 4.41. The third kappa shape index (κ3) is 4.83. The summed E-state index contributed by atoms with van der Waals surface area (Å²) in [7, 11) is 0. The normalized spacial score (nSPS) is 11.3. The van der Waals surface area contributed by atoms with Crippen molar-refractivity contribution in [2.75, 3.05) is 0 Å². The van der Waals surface area contributed by atoms with Gasteiger partial charge in [-0.25, -0.2) is 0 Å². The molecule has 0 aliphatic carbocycles. The largest absolute Gasteiger partial charge is 0.508 e. The van der Waals surface area contributed by atoms with Crippen LogP contribution in [0.4, 0.5) is 0 Å². The van der Waals surface area contributed by atoms with Crippen molar-refractivity contribution in [3.63, 3.8) is 0 Å². The van der Waals surface area contributed by atoms with Gasteiger partial charge in [0, 0.05) is 0 Å². The average molecular weight is 216 g/mol. The maximum Gasteiger partial charge on any atom is 0.116 e. The Hall–Kier alpha value is -1.50. The zero-order chi connectivity index (χ0) is 12.0. The molecule has 0 bridgehead atoms. The summed E-state index contributed by atoms with van der Waals surface area (Å²) in [5.41, 5.74) is 3.77. The van der Waals surface area contributed by atoms with E-state index in [1.54, 1.807) is 12.1 Å². The fourth-order valence-electron chi connectivity index (χ4n) is 1.56. The highest BCUT2D eigenvalue weighted by Gasteiger charge is 1.93. The molecule has 0 spiro atoms. The Bertz CT molecular complexity index is 396. The summed E-state index contributed by atoms with van der Waals surface area (Å²) < 4.78 is 0. The lowest BCUT2D eigenvalue weighted by molar-refractivity contribution is 0.475. The van der Waals surface area contributed by atoms with Crippen LogP contribution in [0, 0.1) is 0 Å². The second kappa shape index (κ2) is 6.16.